The molecule has 2 aromatic rings. The molecule has 2 aromatic carbocycles. The minimum absolute atomic E-state index is 0.0194. The van der Waals surface area contributed by atoms with Crippen molar-refractivity contribution in [2.75, 3.05) is 37.6 Å². The summed E-state index contributed by atoms with van der Waals surface area (Å²) >= 11 is 5.86. The number of rotatable bonds is 5. The molecule has 1 amide bonds. The van der Waals surface area contributed by atoms with Gasteiger partial charge in [0.25, 0.3) is 0 Å². The molecule has 0 saturated carbocycles. The zero-order valence-corrected chi connectivity index (χ0v) is 14.7. The van der Waals surface area contributed by atoms with Gasteiger partial charge in [-0.1, -0.05) is 35.9 Å². The van der Waals surface area contributed by atoms with E-state index in [9.17, 15) is 9.90 Å². The molecule has 132 valence electrons. The third-order valence-electron chi connectivity index (χ3n) is 4.36. The average Bonchev–Trinajstić information content (AvgIpc) is 2.62. The number of hydrogen-bond donors (Lipinski definition) is 2. The maximum Gasteiger partial charge on any atom is 0.234 e. The zero-order chi connectivity index (χ0) is 17.6. The molecule has 0 radical (unpaired) electrons. The number of anilines is 1. The molecule has 5 nitrogen and oxygen atoms in total. The Hall–Kier alpha value is -2.24. The van der Waals surface area contributed by atoms with Gasteiger partial charge in [-0.05, 0) is 29.8 Å². The molecule has 2 N–H and O–H groups in total. The molecule has 1 heterocycles. The van der Waals surface area contributed by atoms with Gasteiger partial charge in [0.1, 0.15) is 5.75 Å². The summed E-state index contributed by atoms with van der Waals surface area (Å²) in [5.41, 5.74) is 1.89. The Morgan fingerprint density at radius 2 is 1.72 bits per heavy atom. The molecule has 1 aliphatic rings. The molecule has 1 aliphatic heterocycles. The van der Waals surface area contributed by atoms with Gasteiger partial charge < -0.3 is 15.3 Å². The van der Waals surface area contributed by atoms with E-state index in [4.69, 9.17) is 11.6 Å². The van der Waals surface area contributed by atoms with Crippen molar-refractivity contribution in [1.82, 2.24) is 10.2 Å². The van der Waals surface area contributed by atoms with Crippen LogP contribution in [0.2, 0.25) is 5.02 Å². The lowest BCUT2D eigenvalue weighted by Crippen LogP contribution is -2.49. The van der Waals surface area contributed by atoms with Gasteiger partial charge in [0, 0.05) is 37.7 Å². The molecule has 6 heteroatoms. The molecule has 0 spiro atoms. The average molecular weight is 360 g/mol. The lowest BCUT2D eigenvalue weighted by atomic mass is 10.2. The van der Waals surface area contributed by atoms with Crippen LogP contribution < -0.4 is 10.2 Å². The number of para-hydroxylation sites is 2. The first-order valence-corrected chi connectivity index (χ1v) is 8.76. The first kappa shape index (κ1) is 17.6. The maximum absolute atomic E-state index is 12.1. The van der Waals surface area contributed by atoms with Crippen molar-refractivity contribution in [2.24, 2.45) is 0 Å². The van der Waals surface area contributed by atoms with Crippen LogP contribution in [0.25, 0.3) is 0 Å². The summed E-state index contributed by atoms with van der Waals surface area (Å²) in [6, 6.07) is 14.8. The van der Waals surface area contributed by atoms with Crippen molar-refractivity contribution in [3.05, 3.63) is 59.1 Å². The number of carbonyl (C=O) groups excluding carboxylic acids is 1. The van der Waals surface area contributed by atoms with Crippen LogP contribution in [0.4, 0.5) is 5.69 Å². The van der Waals surface area contributed by atoms with Crippen molar-refractivity contribution in [3.8, 4) is 5.75 Å². The molecule has 3 rings (SSSR count). The normalized spacial score (nSPS) is 15.2. The number of benzene rings is 2. The predicted octanol–water partition coefficient (Wildman–Crippen LogP) is 2.48. The minimum Gasteiger partial charge on any atom is -0.506 e. The van der Waals surface area contributed by atoms with Crippen LogP contribution in [-0.4, -0.2) is 48.6 Å². The van der Waals surface area contributed by atoms with Crippen molar-refractivity contribution in [2.45, 2.75) is 6.54 Å². The van der Waals surface area contributed by atoms with Gasteiger partial charge in [-0.3, -0.25) is 9.69 Å². The van der Waals surface area contributed by atoms with Crippen LogP contribution in [0.3, 0.4) is 0 Å². The molecule has 1 fully saturated rings. The van der Waals surface area contributed by atoms with Crippen LogP contribution in [0.1, 0.15) is 5.56 Å². The fourth-order valence-electron chi connectivity index (χ4n) is 2.94. The third kappa shape index (κ3) is 4.87. The number of nitrogens with zero attached hydrogens (tertiary/aromatic N) is 2. The summed E-state index contributed by atoms with van der Waals surface area (Å²) in [4.78, 5) is 16.4. The number of amides is 1. The smallest absolute Gasteiger partial charge is 0.234 e. The van der Waals surface area contributed by atoms with Crippen LogP contribution >= 0.6 is 11.6 Å². The number of phenolic OH excluding ortho intramolecular Hbond substituents is 1. The Balaban J connectivity index is 1.43. The second kappa shape index (κ2) is 8.23. The van der Waals surface area contributed by atoms with E-state index in [0.29, 0.717) is 23.9 Å². The highest BCUT2D eigenvalue weighted by Gasteiger charge is 2.20. The van der Waals surface area contributed by atoms with Gasteiger partial charge in [0.15, 0.2) is 0 Å². The van der Waals surface area contributed by atoms with Crippen molar-refractivity contribution in [3.63, 3.8) is 0 Å². The molecule has 0 atom stereocenters. The van der Waals surface area contributed by atoms with E-state index in [0.717, 1.165) is 37.4 Å². The molecular weight excluding hydrogens is 338 g/mol. The monoisotopic (exact) mass is 359 g/mol. The fourth-order valence-corrected chi connectivity index (χ4v) is 3.07. The number of phenols is 1. The zero-order valence-electron chi connectivity index (χ0n) is 14.0. The van der Waals surface area contributed by atoms with Crippen molar-refractivity contribution >= 4 is 23.2 Å². The lowest BCUT2D eigenvalue weighted by molar-refractivity contribution is -0.122. The Morgan fingerprint density at radius 1 is 1.04 bits per heavy atom. The molecule has 0 aliphatic carbocycles. The summed E-state index contributed by atoms with van der Waals surface area (Å²) in [7, 11) is 0. The summed E-state index contributed by atoms with van der Waals surface area (Å²) in [6.07, 6.45) is 0. The molecule has 0 aromatic heterocycles. The Morgan fingerprint density at radius 3 is 2.40 bits per heavy atom. The summed E-state index contributed by atoms with van der Waals surface area (Å²) < 4.78 is 0. The molecule has 25 heavy (non-hydrogen) atoms. The van der Waals surface area contributed by atoms with Gasteiger partial charge in [-0.25, -0.2) is 0 Å². The lowest BCUT2D eigenvalue weighted by Gasteiger charge is -2.35. The van der Waals surface area contributed by atoms with E-state index < -0.39 is 0 Å². The summed E-state index contributed by atoms with van der Waals surface area (Å²) in [5.74, 6) is 0.322. The Kier molecular flexibility index (Phi) is 5.79. The molecular formula is C19H22ClN3O2. The van der Waals surface area contributed by atoms with E-state index in [1.807, 2.05) is 42.5 Å². The number of aromatic hydroxyl groups is 1. The quantitative estimate of drug-likeness (QED) is 0.861. The Bertz CT molecular complexity index is 713. The largest absolute Gasteiger partial charge is 0.506 e. The highest BCUT2D eigenvalue weighted by atomic mass is 35.5. The predicted molar refractivity (Wildman–Crippen MR) is 100 cm³/mol. The van der Waals surface area contributed by atoms with Gasteiger partial charge >= 0.3 is 0 Å². The highest BCUT2D eigenvalue weighted by molar-refractivity contribution is 6.30. The van der Waals surface area contributed by atoms with E-state index in [1.165, 1.54) is 0 Å². The summed E-state index contributed by atoms with van der Waals surface area (Å²) in [6.45, 7) is 4.07. The number of nitrogens with one attached hydrogen (secondary N) is 1. The van der Waals surface area contributed by atoms with Crippen molar-refractivity contribution in [1.29, 1.82) is 0 Å². The van der Waals surface area contributed by atoms with Crippen LogP contribution in [0, 0.1) is 0 Å². The van der Waals surface area contributed by atoms with E-state index in [1.54, 1.807) is 6.07 Å². The standard InChI is InChI=1S/C19H22ClN3O2/c20-16-7-5-15(6-8-16)13-21-19(25)14-22-9-11-23(12-10-22)17-3-1-2-4-18(17)24/h1-8,24H,9-14H2,(H,21,25). The van der Waals surface area contributed by atoms with Gasteiger partial charge in [0.2, 0.25) is 5.91 Å². The van der Waals surface area contributed by atoms with E-state index in [2.05, 4.69) is 15.1 Å². The fraction of sp³-hybridized carbons (Fsp3) is 0.316. The molecule has 0 unspecified atom stereocenters. The number of halogens is 1. The van der Waals surface area contributed by atoms with Gasteiger partial charge in [-0.15, -0.1) is 0 Å². The first-order valence-electron chi connectivity index (χ1n) is 8.38. The second-order valence-electron chi connectivity index (χ2n) is 6.16. The van der Waals surface area contributed by atoms with Gasteiger partial charge in [0.05, 0.1) is 12.2 Å². The first-order chi connectivity index (χ1) is 12.1. The number of piperazine rings is 1. The molecule has 1 saturated heterocycles. The van der Waals surface area contributed by atoms with Gasteiger partial charge in [-0.2, -0.15) is 0 Å². The topological polar surface area (TPSA) is 55.8 Å². The van der Waals surface area contributed by atoms with Crippen LogP contribution in [-0.2, 0) is 11.3 Å². The van der Waals surface area contributed by atoms with E-state index >= 15 is 0 Å². The SMILES string of the molecule is O=C(CN1CCN(c2ccccc2O)CC1)NCc1ccc(Cl)cc1. The van der Waals surface area contributed by atoms with E-state index in [-0.39, 0.29) is 5.91 Å². The van der Waals surface area contributed by atoms with Crippen molar-refractivity contribution < 1.29 is 9.90 Å². The highest BCUT2D eigenvalue weighted by Crippen LogP contribution is 2.27. The Labute approximate surface area is 152 Å². The third-order valence-corrected chi connectivity index (χ3v) is 4.62. The number of hydrogen-bond acceptors (Lipinski definition) is 4. The number of carbonyl (C=O) groups is 1. The minimum atomic E-state index is 0.0194. The van der Waals surface area contributed by atoms with Crippen LogP contribution in [0.5, 0.6) is 5.75 Å². The maximum atomic E-state index is 12.1. The van der Waals surface area contributed by atoms with Crippen LogP contribution in [0.15, 0.2) is 48.5 Å². The molecule has 0 bridgehead atoms. The summed E-state index contributed by atoms with van der Waals surface area (Å²) in [5, 5.41) is 13.6. The second-order valence-corrected chi connectivity index (χ2v) is 6.59.